The largest absolute Gasteiger partial charge is 0.480 e. The zero-order chi connectivity index (χ0) is 66.6. The molecule has 4 amide bonds. The molecule has 0 aliphatic heterocycles. The molecule has 0 atom stereocenters. The molecule has 23 nitrogen and oxygen atoms in total. The number of alkyl halides is 3. The number of anilines is 2. The average Bonchev–Trinajstić information content (AvgIpc) is 1.55. The molecular formula is C60H52F7N13O10S2. The van der Waals surface area contributed by atoms with E-state index in [0.717, 1.165) is 72.3 Å². The van der Waals surface area contributed by atoms with E-state index in [4.69, 9.17) is 14.3 Å². The number of hydrogen-bond donors (Lipinski definition) is 2. The van der Waals surface area contributed by atoms with Crippen LogP contribution in [0.25, 0.3) is 53.0 Å². The molecule has 0 saturated heterocycles. The number of aromatic nitrogens is 8. The number of rotatable bonds is 17. The summed E-state index contributed by atoms with van der Waals surface area (Å²) in [6.45, 7) is -0.353. The van der Waals surface area contributed by atoms with Crippen LogP contribution in [0.2, 0.25) is 0 Å². The first-order valence-corrected chi connectivity index (χ1v) is 28.7. The summed E-state index contributed by atoms with van der Waals surface area (Å²) in [5.74, 6) is -5.47. The molecule has 0 saturated carbocycles. The number of benzene rings is 4. The Labute approximate surface area is 523 Å². The topological polar surface area (TPSA) is 252 Å². The first kappa shape index (κ1) is 66.1. The van der Waals surface area contributed by atoms with Crippen LogP contribution < -0.4 is 42.6 Å². The molecule has 2 N–H and O–H groups in total. The van der Waals surface area contributed by atoms with Crippen LogP contribution in [0, 0.1) is 23.3 Å². The molecule has 478 valence electrons. The fourth-order valence-corrected chi connectivity index (χ4v) is 12.0. The lowest BCUT2D eigenvalue weighted by Crippen LogP contribution is -2.41. The van der Waals surface area contributed by atoms with Gasteiger partial charge in [-0.3, -0.25) is 28.4 Å². The van der Waals surface area contributed by atoms with E-state index in [0.29, 0.717) is 44.0 Å². The highest BCUT2D eigenvalue weighted by Crippen LogP contribution is 2.40. The van der Waals surface area contributed by atoms with Gasteiger partial charge in [0.15, 0.2) is 11.6 Å². The van der Waals surface area contributed by atoms with Gasteiger partial charge in [0.25, 0.3) is 11.1 Å². The molecular weight excluding hydrogens is 1260 g/mol. The van der Waals surface area contributed by atoms with E-state index in [2.05, 4.69) is 31.0 Å². The van der Waals surface area contributed by atoms with Crippen molar-refractivity contribution in [2.24, 2.45) is 0 Å². The van der Waals surface area contributed by atoms with Crippen LogP contribution in [-0.2, 0) is 35.8 Å². The summed E-state index contributed by atoms with van der Waals surface area (Å²) in [5.41, 5.74) is -1.77. The van der Waals surface area contributed by atoms with Gasteiger partial charge in [0.2, 0.25) is 17.5 Å². The van der Waals surface area contributed by atoms with E-state index in [1.807, 2.05) is 0 Å². The molecule has 6 heterocycles. The second-order valence-electron chi connectivity index (χ2n) is 20.5. The van der Waals surface area contributed by atoms with Gasteiger partial charge >= 0.3 is 29.6 Å². The van der Waals surface area contributed by atoms with Crippen molar-refractivity contribution in [1.82, 2.24) is 53.5 Å². The number of hydroxylamine groups is 2. The highest BCUT2D eigenvalue weighted by Gasteiger charge is 2.34. The number of halogens is 7. The van der Waals surface area contributed by atoms with Crippen LogP contribution in [0.1, 0.15) is 29.2 Å². The second-order valence-corrected chi connectivity index (χ2v) is 22.5. The molecule has 0 spiro atoms. The van der Waals surface area contributed by atoms with Gasteiger partial charge in [0.05, 0.1) is 45.2 Å². The normalized spacial score (nSPS) is 11.5. The van der Waals surface area contributed by atoms with E-state index in [9.17, 15) is 46.7 Å². The predicted molar refractivity (Wildman–Crippen MR) is 328 cm³/mol. The van der Waals surface area contributed by atoms with Gasteiger partial charge in [-0.25, -0.2) is 45.9 Å². The number of methoxy groups -OCH3 is 2. The molecule has 0 aliphatic rings. The molecule has 10 rings (SSSR count). The summed E-state index contributed by atoms with van der Waals surface area (Å²) in [4.78, 5) is 105. The number of Topliss-reactive ketones (excluding diaryl/α,β-unsaturated/α-hetero) is 1. The summed E-state index contributed by atoms with van der Waals surface area (Å²) in [7, 11) is 10.9. The Bertz CT molecular complexity index is 4380. The standard InChI is InChI=1S/C57H49F4N13O9S2.C3H3F3O/c1-68(2)26-36-46-50(75)72(42-22-24-44(81-5)66-64-42)56(79)70(28-34-38(58)10-8-11-39(34)59)52(46)84-48(36)30-14-18-32(19-15-30)62-54(77)74(83-7)55(78)63-33-20-16-31(17-21-33)49-37(27-69(3)4)47-51(76)73(43-23-25-45(82-6)67-65-43)57(80)71(53(47)85-49)29-35-40(60)12-9-13-41(35)61;1-2(7)3(4,5)6/h8-25H,26-29H2,1-7H3,(H,62,77)(H,63,78);1H3. The highest BCUT2D eigenvalue weighted by atomic mass is 32.1. The Morgan fingerprint density at radius 2 is 0.870 bits per heavy atom. The minimum absolute atomic E-state index is 0.0854. The predicted octanol–water partition coefficient (Wildman–Crippen LogP) is 9.21. The number of imide groups is 1. The Balaban J connectivity index is 0.00000135. The van der Waals surface area contributed by atoms with E-state index >= 15 is 17.6 Å². The molecule has 92 heavy (non-hydrogen) atoms. The summed E-state index contributed by atoms with van der Waals surface area (Å²) >= 11 is 2.10. The van der Waals surface area contributed by atoms with Crippen LogP contribution >= 0.6 is 22.7 Å². The lowest BCUT2D eigenvalue weighted by atomic mass is 10.1. The fourth-order valence-electron chi connectivity index (χ4n) is 9.40. The zero-order valence-corrected chi connectivity index (χ0v) is 51.3. The van der Waals surface area contributed by atoms with Crippen molar-refractivity contribution in [3.05, 3.63) is 196 Å². The number of carbonyl (C=O) groups excluding carboxylic acids is 3. The molecule has 0 aliphatic carbocycles. The van der Waals surface area contributed by atoms with Gasteiger partial charge in [-0.2, -0.15) is 13.2 Å². The van der Waals surface area contributed by atoms with Crippen molar-refractivity contribution in [2.45, 2.75) is 39.3 Å². The Kier molecular flexibility index (Phi) is 19.7. The van der Waals surface area contributed by atoms with Gasteiger partial charge in [-0.15, -0.1) is 48.1 Å². The van der Waals surface area contributed by atoms with E-state index in [-0.39, 0.29) is 68.3 Å². The zero-order valence-electron chi connectivity index (χ0n) is 49.7. The molecule has 0 unspecified atom stereocenters. The highest BCUT2D eigenvalue weighted by molar-refractivity contribution is 7.22. The molecule has 4 aromatic carbocycles. The first-order chi connectivity index (χ1) is 43.7. The second kappa shape index (κ2) is 27.4. The van der Waals surface area contributed by atoms with Crippen LogP contribution in [0.4, 0.5) is 51.7 Å². The van der Waals surface area contributed by atoms with Gasteiger partial charge < -0.3 is 29.9 Å². The van der Waals surface area contributed by atoms with Gasteiger partial charge in [0.1, 0.15) is 32.9 Å². The fraction of sp³-hybridized carbons (Fsp3) is 0.217. The van der Waals surface area contributed by atoms with Crippen molar-refractivity contribution >= 4 is 72.3 Å². The number of urea groups is 2. The summed E-state index contributed by atoms with van der Waals surface area (Å²) < 4.78 is 107. The SMILES string of the molecule is CC(=O)C(F)(F)F.COc1ccc(-n2c(=O)c3c(CN(C)C)c(-c4ccc(NC(=O)N(OC)C(=O)Nc5ccc(-c6sc7c(c6CN(C)C)c(=O)n(-c6ccc(OC)nn6)c(=O)n7Cc6c(F)cccc6F)cc5)cc4)sc3n(Cc3c(F)cccc3F)c2=O)nn1. The number of nitrogens with one attached hydrogen (secondary N) is 2. The third kappa shape index (κ3) is 13.7. The monoisotopic (exact) mass is 1310 g/mol. The van der Waals surface area contributed by atoms with Crippen LogP contribution in [-0.4, -0.2) is 127 Å². The number of carbonyl (C=O) groups is 3. The van der Waals surface area contributed by atoms with Crippen molar-refractivity contribution in [3.8, 4) is 44.3 Å². The van der Waals surface area contributed by atoms with E-state index in [1.165, 1.54) is 74.9 Å². The first-order valence-electron chi connectivity index (χ1n) is 27.0. The Hall–Kier alpha value is -10.3. The van der Waals surface area contributed by atoms with Crippen molar-refractivity contribution < 1.29 is 59.4 Å². The minimum atomic E-state index is -4.64. The number of ether oxygens (including phenoxy) is 2. The van der Waals surface area contributed by atoms with Crippen molar-refractivity contribution in [2.75, 3.05) is 60.2 Å². The van der Waals surface area contributed by atoms with Crippen molar-refractivity contribution in [3.63, 3.8) is 0 Å². The molecule has 0 bridgehead atoms. The number of hydrogen-bond acceptors (Lipinski definition) is 18. The van der Waals surface area contributed by atoms with Gasteiger partial charge in [-0.05, 0) is 111 Å². The maximum Gasteiger partial charge on any atom is 0.449 e. The average molecular weight is 1310 g/mol. The number of ketones is 1. The van der Waals surface area contributed by atoms with E-state index < -0.39 is 94.0 Å². The maximum atomic E-state index is 15.2. The van der Waals surface area contributed by atoms with Gasteiger partial charge in [-0.1, -0.05) is 36.4 Å². The Morgan fingerprint density at radius 1 is 0.522 bits per heavy atom. The third-order valence-corrected chi connectivity index (χ3v) is 16.3. The summed E-state index contributed by atoms with van der Waals surface area (Å²) in [5, 5.41) is 21.8. The lowest BCUT2D eigenvalue weighted by molar-refractivity contribution is -0.168. The van der Waals surface area contributed by atoms with Crippen LogP contribution in [0.15, 0.2) is 128 Å². The summed E-state index contributed by atoms with van der Waals surface area (Å²) in [6, 6.07) is 22.9. The minimum Gasteiger partial charge on any atom is -0.480 e. The lowest BCUT2D eigenvalue weighted by Gasteiger charge is -2.19. The molecule has 10 aromatic rings. The van der Waals surface area contributed by atoms with Crippen LogP contribution in [0.5, 0.6) is 11.8 Å². The maximum absolute atomic E-state index is 15.2. The smallest absolute Gasteiger partial charge is 0.449 e. The number of amides is 4. The molecule has 6 aromatic heterocycles. The quantitative estimate of drug-likeness (QED) is 0.0636. The van der Waals surface area contributed by atoms with Gasteiger partial charge in [0, 0.05) is 64.4 Å². The van der Waals surface area contributed by atoms with E-state index in [1.54, 1.807) is 62.3 Å². The Morgan fingerprint density at radius 3 is 1.15 bits per heavy atom. The van der Waals surface area contributed by atoms with Crippen LogP contribution in [0.3, 0.4) is 0 Å². The molecule has 0 fully saturated rings. The molecule has 32 heteroatoms. The summed E-state index contributed by atoms with van der Waals surface area (Å²) in [6.07, 6.45) is -4.64. The third-order valence-electron chi connectivity index (χ3n) is 13.7. The molecule has 0 radical (unpaired) electrons. The van der Waals surface area contributed by atoms with Crippen molar-refractivity contribution in [1.29, 1.82) is 0 Å². The number of fused-ring (bicyclic) bond motifs is 2. The number of thiophene rings is 2. The number of nitrogens with zero attached hydrogens (tertiary/aromatic N) is 11.